The highest BCUT2D eigenvalue weighted by atomic mass is 15.2. The quantitative estimate of drug-likeness (QED) is 0.159. The van der Waals surface area contributed by atoms with Gasteiger partial charge in [-0.3, -0.25) is 9.98 Å². The SMILES string of the molecule is C.C.CN=CN(C)c1ccnc(NC(C)c2ccccc2)n1.CN=CN(C)c1ccnc(NC(C)c2ccccc2)n1. The molecule has 0 aliphatic carbocycles. The summed E-state index contributed by atoms with van der Waals surface area (Å²) in [5.74, 6) is 2.81. The monoisotopic (exact) mass is 570 g/mol. The first-order valence-electron chi connectivity index (χ1n) is 13.0. The molecular formula is C32H46N10. The van der Waals surface area contributed by atoms with E-state index in [0.717, 1.165) is 11.6 Å². The van der Waals surface area contributed by atoms with E-state index in [1.54, 1.807) is 39.2 Å². The van der Waals surface area contributed by atoms with Crippen molar-refractivity contribution in [2.75, 3.05) is 48.6 Å². The zero-order valence-electron chi connectivity index (χ0n) is 24.0. The van der Waals surface area contributed by atoms with Gasteiger partial charge in [0.15, 0.2) is 0 Å². The highest BCUT2D eigenvalue weighted by molar-refractivity contribution is 5.77. The van der Waals surface area contributed by atoms with Crippen LogP contribution in [0.3, 0.4) is 0 Å². The highest BCUT2D eigenvalue weighted by Crippen LogP contribution is 2.19. The van der Waals surface area contributed by atoms with Crippen molar-refractivity contribution in [3.63, 3.8) is 0 Å². The van der Waals surface area contributed by atoms with E-state index in [2.05, 4.69) is 78.7 Å². The Balaban J connectivity index is 0.000000401. The third kappa shape index (κ3) is 11.0. The third-order valence-electron chi connectivity index (χ3n) is 5.87. The summed E-state index contributed by atoms with van der Waals surface area (Å²) in [6.45, 7) is 4.17. The van der Waals surface area contributed by atoms with E-state index in [1.165, 1.54) is 11.1 Å². The number of hydrogen-bond donors (Lipinski definition) is 2. The van der Waals surface area contributed by atoms with Crippen LogP contribution in [-0.2, 0) is 0 Å². The molecule has 2 aromatic carbocycles. The minimum atomic E-state index is 0. The van der Waals surface area contributed by atoms with Gasteiger partial charge in [0.1, 0.15) is 11.6 Å². The zero-order chi connectivity index (χ0) is 28.7. The molecular weight excluding hydrogens is 524 g/mol. The van der Waals surface area contributed by atoms with Crippen molar-refractivity contribution in [1.29, 1.82) is 0 Å². The van der Waals surface area contributed by atoms with Gasteiger partial charge in [-0.25, -0.2) is 9.97 Å². The molecule has 42 heavy (non-hydrogen) atoms. The van der Waals surface area contributed by atoms with Crippen LogP contribution in [0.25, 0.3) is 0 Å². The van der Waals surface area contributed by atoms with Crippen LogP contribution < -0.4 is 20.4 Å². The molecule has 10 nitrogen and oxygen atoms in total. The fraction of sp³-hybridized carbons (Fsp3) is 0.312. The number of benzene rings is 2. The standard InChI is InChI=1S/2C15H19N5.2CH4/c2*1-12(13-7-5-4-6-8-13)18-15-17-10-9-14(19-15)20(3)11-16-2;;/h2*4-12H,1-3H3,(H,17,18,19);2*1H4. The number of aliphatic imine (C=N–C) groups is 2. The summed E-state index contributed by atoms with van der Waals surface area (Å²) in [5.41, 5.74) is 2.40. The zero-order valence-corrected chi connectivity index (χ0v) is 24.0. The van der Waals surface area contributed by atoms with Crippen LogP contribution >= 0.6 is 0 Å². The Bertz CT molecular complexity index is 1240. The van der Waals surface area contributed by atoms with Gasteiger partial charge in [-0.05, 0) is 37.1 Å². The van der Waals surface area contributed by atoms with Gasteiger partial charge >= 0.3 is 0 Å². The van der Waals surface area contributed by atoms with Crippen molar-refractivity contribution in [3.05, 3.63) is 96.3 Å². The summed E-state index contributed by atoms with van der Waals surface area (Å²) in [6.07, 6.45) is 6.91. The molecule has 0 radical (unpaired) electrons. The maximum absolute atomic E-state index is 4.47. The minimum absolute atomic E-state index is 0. The van der Waals surface area contributed by atoms with Crippen LogP contribution in [0, 0.1) is 0 Å². The Kier molecular flexibility index (Phi) is 15.5. The van der Waals surface area contributed by atoms with Crippen LogP contribution in [0.2, 0.25) is 0 Å². The second kappa shape index (κ2) is 18.5. The van der Waals surface area contributed by atoms with Gasteiger partial charge in [0.25, 0.3) is 0 Å². The second-order valence-electron chi connectivity index (χ2n) is 9.00. The summed E-state index contributed by atoms with van der Waals surface area (Å²) in [5, 5.41) is 6.60. The van der Waals surface area contributed by atoms with Crippen LogP contribution in [0.4, 0.5) is 23.5 Å². The lowest BCUT2D eigenvalue weighted by Crippen LogP contribution is -2.17. The summed E-state index contributed by atoms with van der Waals surface area (Å²) in [7, 11) is 7.27. The van der Waals surface area contributed by atoms with Gasteiger partial charge in [0, 0.05) is 40.6 Å². The van der Waals surface area contributed by atoms with E-state index in [4.69, 9.17) is 0 Å². The van der Waals surface area contributed by atoms with Crippen molar-refractivity contribution in [2.45, 2.75) is 40.8 Å². The van der Waals surface area contributed by atoms with Crippen LogP contribution in [0.1, 0.15) is 51.9 Å². The number of nitrogens with zero attached hydrogens (tertiary/aromatic N) is 8. The molecule has 2 heterocycles. The molecule has 2 atom stereocenters. The molecule has 4 aromatic rings. The molecule has 0 saturated heterocycles. The number of nitrogens with one attached hydrogen (secondary N) is 2. The molecule has 0 saturated carbocycles. The fourth-order valence-corrected chi connectivity index (χ4v) is 3.73. The van der Waals surface area contributed by atoms with E-state index in [-0.39, 0.29) is 26.9 Å². The van der Waals surface area contributed by atoms with Gasteiger partial charge in [-0.1, -0.05) is 75.5 Å². The van der Waals surface area contributed by atoms with Gasteiger partial charge in [0.2, 0.25) is 11.9 Å². The van der Waals surface area contributed by atoms with E-state index in [0.29, 0.717) is 11.9 Å². The molecule has 224 valence electrons. The molecule has 2 unspecified atom stereocenters. The van der Waals surface area contributed by atoms with E-state index in [1.807, 2.05) is 72.4 Å². The molecule has 2 N–H and O–H groups in total. The summed E-state index contributed by atoms with van der Waals surface area (Å²) < 4.78 is 0. The topological polar surface area (TPSA) is 107 Å². The average molecular weight is 571 g/mol. The predicted molar refractivity (Wildman–Crippen MR) is 180 cm³/mol. The Morgan fingerprint density at radius 2 is 0.976 bits per heavy atom. The average Bonchev–Trinajstić information content (AvgIpc) is 2.99. The van der Waals surface area contributed by atoms with Gasteiger partial charge in [-0.15, -0.1) is 0 Å². The normalized spacial score (nSPS) is 11.8. The lowest BCUT2D eigenvalue weighted by atomic mass is 10.1. The maximum atomic E-state index is 4.47. The number of aromatic nitrogens is 4. The van der Waals surface area contributed by atoms with E-state index >= 15 is 0 Å². The summed E-state index contributed by atoms with van der Waals surface area (Å²) in [6, 6.07) is 24.4. The summed E-state index contributed by atoms with van der Waals surface area (Å²) >= 11 is 0. The lowest BCUT2D eigenvalue weighted by Gasteiger charge is -2.16. The second-order valence-corrected chi connectivity index (χ2v) is 9.00. The predicted octanol–water partition coefficient (Wildman–Crippen LogP) is 6.76. The van der Waals surface area contributed by atoms with Crippen molar-refractivity contribution in [2.24, 2.45) is 9.98 Å². The fourth-order valence-electron chi connectivity index (χ4n) is 3.73. The van der Waals surface area contributed by atoms with E-state index < -0.39 is 0 Å². The van der Waals surface area contributed by atoms with Crippen molar-refractivity contribution >= 4 is 36.2 Å². The molecule has 0 bridgehead atoms. The Morgan fingerprint density at radius 3 is 1.31 bits per heavy atom. The molecule has 0 fully saturated rings. The molecule has 4 rings (SSSR count). The van der Waals surface area contributed by atoms with Gasteiger partial charge in [-0.2, -0.15) is 9.97 Å². The molecule has 2 aromatic heterocycles. The number of hydrogen-bond acceptors (Lipinski definition) is 8. The van der Waals surface area contributed by atoms with Crippen molar-refractivity contribution < 1.29 is 0 Å². The first-order valence-corrected chi connectivity index (χ1v) is 13.0. The number of anilines is 4. The van der Waals surface area contributed by atoms with Crippen LogP contribution in [0.5, 0.6) is 0 Å². The van der Waals surface area contributed by atoms with Crippen molar-refractivity contribution in [3.8, 4) is 0 Å². The smallest absolute Gasteiger partial charge is 0.225 e. The molecule has 0 amide bonds. The lowest BCUT2D eigenvalue weighted by molar-refractivity contribution is 0.859. The number of rotatable bonds is 10. The largest absolute Gasteiger partial charge is 0.348 e. The highest BCUT2D eigenvalue weighted by Gasteiger charge is 2.09. The van der Waals surface area contributed by atoms with Crippen molar-refractivity contribution in [1.82, 2.24) is 19.9 Å². The first kappa shape index (κ1) is 35.2. The third-order valence-corrected chi connectivity index (χ3v) is 5.87. The molecule has 0 aliphatic heterocycles. The Morgan fingerprint density at radius 1 is 0.619 bits per heavy atom. The molecule has 0 aliphatic rings. The summed E-state index contributed by atoms with van der Waals surface area (Å²) in [4.78, 5) is 29.1. The van der Waals surface area contributed by atoms with Crippen LogP contribution in [0.15, 0.2) is 95.2 Å². The van der Waals surface area contributed by atoms with E-state index in [9.17, 15) is 0 Å². The van der Waals surface area contributed by atoms with Gasteiger partial charge in [0.05, 0.1) is 24.8 Å². The first-order chi connectivity index (χ1) is 19.4. The molecule has 10 heteroatoms. The molecule has 0 spiro atoms. The Hall–Kier alpha value is -4.86. The minimum Gasteiger partial charge on any atom is -0.348 e. The van der Waals surface area contributed by atoms with Crippen LogP contribution in [-0.4, -0.2) is 60.8 Å². The maximum Gasteiger partial charge on any atom is 0.225 e. The van der Waals surface area contributed by atoms with Gasteiger partial charge < -0.3 is 20.4 Å². The Labute approximate surface area is 251 Å².